The number of hydrogen-bond acceptors (Lipinski definition) is 4. The highest BCUT2D eigenvalue weighted by molar-refractivity contribution is 5.73. The molecule has 140 valence electrons. The van der Waals surface area contributed by atoms with Crippen LogP contribution in [0.2, 0.25) is 0 Å². The number of piperazine rings is 1. The van der Waals surface area contributed by atoms with Gasteiger partial charge < -0.3 is 19.9 Å². The van der Waals surface area contributed by atoms with E-state index in [1.807, 2.05) is 19.2 Å². The molecule has 2 rings (SSSR count). The molecule has 1 aliphatic rings. The van der Waals surface area contributed by atoms with Gasteiger partial charge in [-0.3, -0.25) is 4.90 Å². The summed E-state index contributed by atoms with van der Waals surface area (Å²) in [5, 5.41) is 3.07. The van der Waals surface area contributed by atoms with E-state index in [1.54, 1.807) is 12.0 Å². The zero-order valence-corrected chi connectivity index (χ0v) is 16.0. The van der Waals surface area contributed by atoms with Crippen molar-refractivity contribution in [3.8, 4) is 5.75 Å². The van der Waals surface area contributed by atoms with Gasteiger partial charge in [0.15, 0.2) is 0 Å². The van der Waals surface area contributed by atoms with E-state index >= 15 is 0 Å². The van der Waals surface area contributed by atoms with Gasteiger partial charge in [0.1, 0.15) is 5.75 Å². The van der Waals surface area contributed by atoms with E-state index in [-0.39, 0.29) is 6.03 Å². The molecule has 0 aliphatic carbocycles. The van der Waals surface area contributed by atoms with Crippen molar-refractivity contribution in [3.63, 3.8) is 0 Å². The van der Waals surface area contributed by atoms with E-state index in [4.69, 9.17) is 4.74 Å². The summed E-state index contributed by atoms with van der Waals surface area (Å²) in [5.41, 5.74) is 1.27. The van der Waals surface area contributed by atoms with Crippen LogP contribution in [-0.4, -0.2) is 87.7 Å². The lowest BCUT2D eigenvalue weighted by molar-refractivity contribution is 0.113. The van der Waals surface area contributed by atoms with Gasteiger partial charge in [0.25, 0.3) is 0 Å². The summed E-state index contributed by atoms with van der Waals surface area (Å²) in [4.78, 5) is 18.7. The van der Waals surface area contributed by atoms with Gasteiger partial charge in [-0.25, -0.2) is 4.79 Å². The molecule has 1 heterocycles. The molecule has 1 N–H and O–H groups in total. The number of carbonyl (C=O) groups is 1. The highest BCUT2D eigenvalue weighted by Gasteiger charge is 2.22. The fourth-order valence-corrected chi connectivity index (χ4v) is 3.08. The molecule has 0 spiro atoms. The average molecular weight is 348 g/mol. The van der Waals surface area contributed by atoms with Crippen molar-refractivity contribution in [1.29, 1.82) is 0 Å². The number of ether oxygens (including phenoxy) is 1. The number of carbonyl (C=O) groups excluding carboxylic acids is 1. The van der Waals surface area contributed by atoms with Crippen molar-refractivity contribution in [2.75, 3.05) is 61.0 Å². The van der Waals surface area contributed by atoms with Gasteiger partial charge in [0.2, 0.25) is 0 Å². The number of nitrogens with one attached hydrogen (secondary N) is 1. The first-order valence-corrected chi connectivity index (χ1v) is 9.00. The highest BCUT2D eigenvalue weighted by Crippen LogP contribution is 2.12. The maximum absolute atomic E-state index is 12.3. The minimum Gasteiger partial charge on any atom is -0.497 e. The van der Waals surface area contributed by atoms with Crippen LogP contribution in [0.1, 0.15) is 12.0 Å². The minimum atomic E-state index is 0.0105. The summed E-state index contributed by atoms with van der Waals surface area (Å²) in [5.74, 6) is 0.874. The Labute approximate surface area is 151 Å². The third kappa shape index (κ3) is 6.21. The van der Waals surface area contributed by atoms with E-state index in [9.17, 15) is 4.79 Å². The van der Waals surface area contributed by atoms with Crippen LogP contribution in [0.25, 0.3) is 0 Å². The molecule has 1 atom stereocenters. The molecular formula is C19H32N4O2. The lowest BCUT2D eigenvalue weighted by atomic mass is 10.1. The molecule has 1 aromatic carbocycles. The Morgan fingerprint density at radius 1 is 1.28 bits per heavy atom. The maximum Gasteiger partial charge on any atom is 0.317 e. The molecule has 0 aromatic heterocycles. The third-order valence-electron chi connectivity index (χ3n) is 4.93. The predicted octanol–water partition coefficient (Wildman–Crippen LogP) is 1.52. The van der Waals surface area contributed by atoms with Crippen LogP contribution in [0, 0.1) is 0 Å². The van der Waals surface area contributed by atoms with E-state index < -0.39 is 0 Å². The summed E-state index contributed by atoms with van der Waals surface area (Å²) in [6.07, 6.45) is 1.90. The first kappa shape index (κ1) is 19.5. The van der Waals surface area contributed by atoms with Gasteiger partial charge in [0, 0.05) is 45.8 Å². The third-order valence-corrected chi connectivity index (χ3v) is 4.93. The van der Waals surface area contributed by atoms with Crippen LogP contribution in [0.5, 0.6) is 5.75 Å². The summed E-state index contributed by atoms with van der Waals surface area (Å²) < 4.78 is 5.17. The molecule has 1 saturated heterocycles. The fraction of sp³-hybridized carbons (Fsp3) is 0.632. The number of rotatable bonds is 7. The Morgan fingerprint density at radius 2 is 2.00 bits per heavy atom. The Kier molecular flexibility index (Phi) is 7.52. The molecule has 1 aliphatic heterocycles. The monoisotopic (exact) mass is 348 g/mol. The van der Waals surface area contributed by atoms with Gasteiger partial charge in [-0.1, -0.05) is 12.1 Å². The number of benzene rings is 1. The van der Waals surface area contributed by atoms with Crippen molar-refractivity contribution >= 4 is 6.03 Å². The Hall–Kier alpha value is -1.79. The summed E-state index contributed by atoms with van der Waals surface area (Å²) in [6, 6.07) is 8.50. The number of methoxy groups -OCH3 is 1. The van der Waals surface area contributed by atoms with Crippen LogP contribution >= 0.6 is 0 Å². The topological polar surface area (TPSA) is 48.1 Å². The maximum atomic E-state index is 12.3. The lowest BCUT2D eigenvalue weighted by Crippen LogP contribution is -2.55. The number of nitrogens with zero attached hydrogens (tertiary/aromatic N) is 3. The molecule has 2 amide bonds. The number of amides is 2. The second kappa shape index (κ2) is 9.63. The predicted molar refractivity (Wildman–Crippen MR) is 101 cm³/mol. The van der Waals surface area contributed by atoms with Crippen molar-refractivity contribution in [2.45, 2.75) is 18.9 Å². The first-order chi connectivity index (χ1) is 12.0. The molecule has 1 fully saturated rings. The average Bonchev–Trinajstić information content (AvgIpc) is 2.62. The standard InChI is InChI=1S/C19H32N4O2/c1-21-12-13-22(2)17(15-21)14-20-19(24)23(3)11-5-6-16-7-9-18(25-4)10-8-16/h7-10,17H,5-6,11-15H2,1-4H3,(H,20,24)/t17-/m0/s1. The van der Waals surface area contributed by atoms with Crippen LogP contribution in [-0.2, 0) is 6.42 Å². The molecule has 0 bridgehead atoms. The van der Waals surface area contributed by atoms with Crippen molar-refractivity contribution in [3.05, 3.63) is 29.8 Å². The smallest absolute Gasteiger partial charge is 0.317 e. The number of likely N-dealkylation sites (N-methyl/N-ethyl adjacent to an activating group) is 2. The van der Waals surface area contributed by atoms with Crippen LogP contribution < -0.4 is 10.1 Å². The molecule has 0 radical (unpaired) electrons. The molecule has 6 heteroatoms. The highest BCUT2D eigenvalue weighted by atomic mass is 16.5. The summed E-state index contributed by atoms with van der Waals surface area (Å²) >= 11 is 0. The normalized spacial score (nSPS) is 18.8. The number of aryl methyl sites for hydroxylation is 1. The largest absolute Gasteiger partial charge is 0.497 e. The molecular weight excluding hydrogens is 316 g/mol. The zero-order chi connectivity index (χ0) is 18.2. The SMILES string of the molecule is COc1ccc(CCCN(C)C(=O)NC[C@H]2CN(C)CCN2C)cc1. The van der Waals surface area contributed by atoms with Gasteiger partial charge in [-0.15, -0.1) is 0 Å². The quantitative estimate of drug-likeness (QED) is 0.812. The van der Waals surface area contributed by atoms with Crippen molar-refractivity contribution < 1.29 is 9.53 Å². The Bertz CT molecular complexity index is 535. The fourth-order valence-electron chi connectivity index (χ4n) is 3.08. The minimum absolute atomic E-state index is 0.0105. The summed E-state index contributed by atoms with van der Waals surface area (Å²) in [7, 11) is 7.79. The van der Waals surface area contributed by atoms with Gasteiger partial charge in [-0.05, 0) is 44.6 Å². The molecule has 0 saturated carbocycles. The molecule has 6 nitrogen and oxygen atoms in total. The number of urea groups is 1. The second-order valence-corrected chi connectivity index (χ2v) is 6.96. The Morgan fingerprint density at radius 3 is 2.68 bits per heavy atom. The molecule has 1 aromatic rings. The van der Waals surface area contributed by atoms with Crippen LogP contribution in [0.3, 0.4) is 0 Å². The van der Waals surface area contributed by atoms with E-state index in [2.05, 4.69) is 41.3 Å². The first-order valence-electron chi connectivity index (χ1n) is 9.00. The number of hydrogen-bond donors (Lipinski definition) is 1. The summed E-state index contributed by atoms with van der Waals surface area (Å²) in [6.45, 7) is 4.58. The molecule has 25 heavy (non-hydrogen) atoms. The second-order valence-electron chi connectivity index (χ2n) is 6.96. The van der Waals surface area contributed by atoms with Crippen molar-refractivity contribution in [1.82, 2.24) is 20.0 Å². The van der Waals surface area contributed by atoms with Gasteiger partial charge in [-0.2, -0.15) is 0 Å². The van der Waals surface area contributed by atoms with Gasteiger partial charge >= 0.3 is 6.03 Å². The van der Waals surface area contributed by atoms with E-state index in [0.29, 0.717) is 12.6 Å². The zero-order valence-electron chi connectivity index (χ0n) is 16.0. The Balaban J connectivity index is 1.67. The van der Waals surface area contributed by atoms with Crippen LogP contribution in [0.15, 0.2) is 24.3 Å². The van der Waals surface area contributed by atoms with Gasteiger partial charge in [0.05, 0.1) is 7.11 Å². The van der Waals surface area contributed by atoms with E-state index in [0.717, 1.165) is 44.8 Å². The van der Waals surface area contributed by atoms with Crippen molar-refractivity contribution in [2.24, 2.45) is 0 Å². The lowest BCUT2D eigenvalue weighted by Gasteiger charge is -2.37. The van der Waals surface area contributed by atoms with E-state index in [1.165, 1.54) is 5.56 Å². The molecule has 0 unspecified atom stereocenters. The van der Waals surface area contributed by atoms with Crippen LogP contribution in [0.4, 0.5) is 4.79 Å².